The zero-order valence-corrected chi connectivity index (χ0v) is 9.31. The van der Waals surface area contributed by atoms with Gasteiger partial charge < -0.3 is 24.4 Å². The van der Waals surface area contributed by atoms with Gasteiger partial charge in [0.25, 0.3) is 0 Å². The first-order valence-corrected chi connectivity index (χ1v) is 6.53. The summed E-state index contributed by atoms with van der Waals surface area (Å²) in [6, 6.07) is 0. The van der Waals surface area contributed by atoms with Crippen molar-refractivity contribution in [2.75, 3.05) is 13.2 Å². The smallest absolute Gasteiger partial charge is 0.164 e. The Kier molecular flexibility index (Phi) is 1.63. The second kappa shape index (κ2) is 2.86. The van der Waals surface area contributed by atoms with E-state index in [1.54, 1.807) is 0 Å². The van der Waals surface area contributed by atoms with Gasteiger partial charge in [0.05, 0.1) is 12.2 Å². The third kappa shape index (κ3) is 0.966. The first kappa shape index (κ1) is 9.69. The molecule has 5 fully saturated rings. The third-order valence-electron chi connectivity index (χ3n) is 5.54. The van der Waals surface area contributed by atoms with Crippen LogP contribution in [0.5, 0.6) is 0 Å². The van der Waals surface area contributed by atoms with E-state index in [1.807, 2.05) is 0 Å². The SMILES string of the molecule is OCC1[C@@H]2[C@@H]3[C@@H](O[C@H]4O[C@@H]5[C@H](CO)[C@@H]5[C@H]43)O[C@H]12. The normalized spacial score (nSPS) is 69.5. The van der Waals surface area contributed by atoms with E-state index in [1.165, 1.54) is 0 Å². The van der Waals surface area contributed by atoms with Gasteiger partial charge >= 0.3 is 0 Å². The van der Waals surface area contributed by atoms with Gasteiger partial charge in [-0.05, 0) is 0 Å². The number of hydrogen-bond donors (Lipinski definition) is 2. The summed E-state index contributed by atoms with van der Waals surface area (Å²) in [5, 5.41) is 18.5. The fraction of sp³-hybridized carbons (Fsp3) is 1.00. The predicted molar refractivity (Wildman–Crippen MR) is 53.5 cm³/mol. The average Bonchev–Trinajstić information content (AvgIpc) is 3.00. The van der Waals surface area contributed by atoms with Gasteiger partial charge in [-0.25, -0.2) is 0 Å². The Morgan fingerprint density at radius 2 is 1.12 bits per heavy atom. The number of hydrogen-bond acceptors (Lipinski definition) is 5. The van der Waals surface area contributed by atoms with E-state index in [2.05, 4.69) is 0 Å². The maximum atomic E-state index is 9.25. The fourth-order valence-electron chi connectivity index (χ4n) is 4.69. The summed E-state index contributed by atoms with van der Waals surface area (Å²) >= 11 is 0. The second-order valence-electron chi connectivity index (χ2n) is 6.08. The molecule has 0 spiro atoms. The lowest BCUT2D eigenvalue weighted by Gasteiger charge is -2.18. The fourth-order valence-corrected chi connectivity index (χ4v) is 4.69. The Hall–Kier alpha value is -0.200. The Bertz CT molecular complexity index is 340. The largest absolute Gasteiger partial charge is 0.396 e. The summed E-state index contributed by atoms with van der Waals surface area (Å²) in [6.07, 6.45) is 0.176. The van der Waals surface area contributed by atoms with Crippen molar-refractivity contribution in [3.05, 3.63) is 0 Å². The number of aliphatic hydroxyl groups is 2. The number of aliphatic hydroxyl groups excluding tert-OH is 2. The molecule has 5 heteroatoms. The molecule has 1 unspecified atom stereocenters. The highest BCUT2D eigenvalue weighted by molar-refractivity contribution is 5.18. The average molecular weight is 240 g/mol. The van der Waals surface area contributed by atoms with Crippen LogP contribution < -0.4 is 0 Å². The molecule has 10 atom stereocenters. The van der Waals surface area contributed by atoms with Crippen LogP contribution in [0.3, 0.4) is 0 Å². The lowest BCUT2D eigenvalue weighted by molar-refractivity contribution is -0.209. The van der Waals surface area contributed by atoms with Gasteiger partial charge in [-0.3, -0.25) is 0 Å². The highest BCUT2D eigenvalue weighted by atomic mass is 16.8. The molecular formula is C12H16O5. The summed E-state index contributed by atoms with van der Waals surface area (Å²) in [7, 11) is 0. The van der Waals surface area contributed by atoms with Crippen LogP contribution in [0.2, 0.25) is 0 Å². The highest BCUT2D eigenvalue weighted by Crippen LogP contribution is 2.68. The first-order valence-electron chi connectivity index (χ1n) is 6.53. The van der Waals surface area contributed by atoms with Crippen LogP contribution in [0, 0.1) is 35.5 Å². The zero-order chi connectivity index (χ0) is 11.3. The lowest BCUT2D eigenvalue weighted by Crippen LogP contribution is -2.25. The van der Waals surface area contributed by atoms with Gasteiger partial charge in [-0.2, -0.15) is 0 Å². The molecule has 0 aromatic carbocycles. The molecule has 2 N–H and O–H groups in total. The minimum Gasteiger partial charge on any atom is -0.396 e. The van der Waals surface area contributed by atoms with E-state index in [0.717, 1.165) is 0 Å². The number of ether oxygens (including phenoxy) is 3. The van der Waals surface area contributed by atoms with Gasteiger partial charge in [0.15, 0.2) is 12.6 Å². The summed E-state index contributed by atoms with van der Waals surface area (Å²) in [4.78, 5) is 0. The molecule has 0 aromatic heterocycles. The monoisotopic (exact) mass is 240 g/mol. The quantitative estimate of drug-likeness (QED) is 0.660. The van der Waals surface area contributed by atoms with Crippen molar-refractivity contribution in [3.8, 4) is 0 Å². The third-order valence-corrected chi connectivity index (χ3v) is 5.54. The van der Waals surface area contributed by atoms with Gasteiger partial charge in [-0.15, -0.1) is 0 Å². The molecule has 5 aliphatic rings. The Balaban J connectivity index is 1.43. The Morgan fingerprint density at radius 1 is 0.647 bits per heavy atom. The Labute approximate surface area is 98.7 Å². The van der Waals surface area contributed by atoms with E-state index >= 15 is 0 Å². The molecule has 5 rings (SSSR count). The van der Waals surface area contributed by atoms with Gasteiger partial charge in [0.2, 0.25) is 0 Å². The van der Waals surface area contributed by atoms with Gasteiger partial charge in [0, 0.05) is 48.7 Å². The van der Waals surface area contributed by atoms with Crippen molar-refractivity contribution >= 4 is 0 Å². The molecule has 5 nitrogen and oxygen atoms in total. The van der Waals surface area contributed by atoms with Crippen molar-refractivity contribution in [2.45, 2.75) is 24.8 Å². The molecule has 3 saturated heterocycles. The van der Waals surface area contributed by atoms with Crippen LogP contribution >= 0.6 is 0 Å². The van der Waals surface area contributed by atoms with Crippen molar-refractivity contribution in [3.63, 3.8) is 0 Å². The Morgan fingerprint density at radius 3 is 1.53 bits per heavy atom. The molecule has 2 saturated carbocycles. The van der Waals surface area contributed by atoms with Crippen LogP contribution in [0.4, 0.5) is 0 Å². The van der Waals surface area contributed by atoms with Crippen molar-refractivity contribution < 1.29 is 24.4 Å². The zero-order valence-electron chi connectivity index (χ0n) is 9.31. The summed E-state index contributed by atoms with van der Waals surface area (Å²) in [5.41, 5.74) is 0. The maximum absolute atomic E-state index is 9.25. The minimum absolute atomic E-state index is 0.122. The molecule has 0 bridgehead atoms. The summed E-state index contributed by atoms with van der Waals surface area (Å²) < 4.78 is 17.4. The van der Waals surface area contributed by atoms with E-state index in [4.69, 9.17) is 14.2 Å². The molecule has 3 aliphatic heterocycles. The van der Waals surface area contributed by atoms with Crippen molar-refractivity contribution in [1.82, 2.24) is 0 Å². The van der Waals surface area contributed by atoms with Crippen LogP contribution in [0.25, 0.3) is 0 Å². The topological polar surface area (TPSA) is 68.2 Å². The molecule has 94 valence electrons. The number of fused-ring (bicyclic) bond motifs is 7. The standard InChI is InChI=1S/C12H16O5/c13-1-3-5-7-8-6-4(2-14)10(6)16-12(8)17-11(7)15-9(3)5/h3-14H,1-2H2/t3-,4?,5-,6-,7+,8+,9-,10-,11-,12-/m1/s1. The summed E-state index contributed by atoms with van der Waals surface area (Å²) in [5.74, 6) is 2.31. The van der Waals surface area contributed by atoms with E-state index in [9.17, 15) is 10.2 Å². The van der Waals surface area contributed by atoms with Crippen molar-refractivity contribution in [2.24, 2.45) is 35.5 Å². The summed E-state index contributed by atoms with van der Waals surface area (Å²) in [6.45, 7) is 0.433. The maximum Gasteiger partial charge on any atom is 0.164 e. The molecule has 3 heterocycles. The molecule has 0 aromatic rings. The second-order valence-corrected chi connectivity index (χ2v) is 6.08. The minimum atomic E-state index is -0.122. The van der Waals surface area contributed by atoms with Gasteiger partial charge in [0.1, 0.15) is 0 Å². The first-order chi connectivity index (χ1) is 8.35. The van der Waals surface area contributed by atoms with Crippen LogP contribution in [0.15, 0.2) is 0 Å². The molecule has 2 aliphatic carbocycles. The molecule has 0 radical (unpaired) electrons. The number of rotatable bonds is 2. The molecule has 0 amide bonds. The lowest BCUT2D eigenvalue weighted by atomic mass is 9.85. The van der Waals surface area contributed by atoms with Crippen LogP contribution in [-0.2, 0) is 14.2 Å². The van der Waals surface area contributed by atoms with E-state index < -0.39 is 0 Å². The van der Waals surface area contributed by atoms with E-state index in [-0.39, 0.29) is 38.0 Å². The van der Waals surface area contributed by atoms with Gasteiger partial charge in [-0.1, -0.05) is 0 Å². The van der Waals surface area contributed by atoms with Crippen molar-refractivity contribution in [1.29, 1.82) is 0 Å². The van der Waals surface area contributed by atoms with Crippen LogP contribution in [0.1, 0.15) is 0 Å². The predicted octanol–water partition coefficient (Wildman–Crippen LogP) is -0.825. The van der Waals surface area contributed by atoms with E-state index in [0.29, 0.717) is 35.5 Å². The van der Waals surface area contributed by atoms with Crippen LogP contribution in [-0.4, -0.2) is 48.2 Å². The molecule has 17 heavy (non-hydrogen) atoms. The highest BCUT2D eigenvalue weighted by Gasteiger charge is 2.76. The molecular weight excluding hydrogens is 224 g/mol.